The summed E-state index contributed by atoms with van der Waals surface area (Å²) < 4.78 is 5.42. The quantitative estimate of drug-likeness (QED) is 0.757. The number of rotatable bonds is 1. The first-order chi connectivity index (χ1) is 7.61. The van der Waals surface area contributed by atoms with E-state index < -0.39 is 0 Å². The van der Waals surface area contributed by atoms with E-state index in [1.807, 2.05) is 6.07 Å². The summed E-state index contributed by atoms with van der Waals surface area (Å²) >= 11 is 0. The summed E-state index contributed by atoms with van der Waals surface area (Å²) in [6, 6.07) is 6.30. The van der Waals surface area contributed by atoms with Crippen molar-refractivity contribution in [3.63, 3.8) is 0 Å². The molecule has 1 aromatic carbocycles. The third kappa shape index (κ3) is 0.969. The Labute approximate surface area is 96.2 Å². The predicted octanol–water partition coefficient (Wildman–Crippen LogP) is 2.09. The van der Waals surface area contributed by atoms with Crippen molar-refractivity contribution in [3.05, 3.63) is 23.8 Å². The maximum absolute atomic E-state index is 5.42. The van der Waals surface area contributed by atoms with Crippen LogP contribution >= 0.6 is 0 Å². The Balaban J connectivity index is 2.21. The van der Waals surface area contributed by atoms with Crippen LogP contribution in [0.3, 0.4) is 0 Å². The minimum atomic E-state index is -0.0377. The Morgan fingerprint density at radius 1 is 1.31 bits per heavy atom. The summed E-state index contributed by atoms with van der Waals surface area (Å²) in [5.74, 6) is 0.941. The molecule has 0 spiro atoms. The molecule has 3 rings (SSSR count). The van der Waals surface area contributed by atoms with Crippen molar-refractivity contribution in [2.75, 3.05) is 19.0 Å². The van der Waals surface area contributed by atoms with Gasteiger partial charge in [-0.05, 0) is 31.5 Å². The van der Waals surface area contributed by atoms with Gasteiger partial charge in [0.1, 0.15) is 5.75 Å². The fraction of sp³-hybridized carbons (Fsp3) is 0.538. The van der Waals surface area contributed by atoms with Gasteiger partial charge in [0, 0.05) is 5.41 Å². The summed E-state index contributed by atoms with van der Waals surface area (Å²) in [4.78, 5) is 0. The second-order valence-electron chi connectivity index (χ2n) is 5.14. The normalized spacial score (nSPS) is 35.4. The highest BCUT2D eigenvalue weighted by molar-refractivity contribution is 5.71. The van der Waals surface area contributed by atoms with Crippen molar-refractivity contribution in [1.29, 1.82) is 0 Å². The van der Waals surface area contributed by atoms with Crippen LogP contribution in [0, 0.1) is 0 Å². The van der Waals surface area contributed by atoms with E-state index in [0.29, 0.717) is 0 Å². The zero-order valence-corrected chi connectivity index (χ0v) is 10.1. The highest BCUT2D eigenvalue weighted by Gasteiger charge is 2.55. The second kappa shape index (κ2) is 2.92. The Morgan fingerprint density at radius 2 is 2.12 bits per heavy atom. The van der Waals surface area contributed by atoms with Crippen LogP contribution in [0.15, 0.2) is 18.2 Å². The summed E-state index contributed by atoms with van der Waals surface area (Å²) in [7, 11) is 1.73. The Bertz CT molecular complexity index is 446. The van der Waals surface area contributed by atoms with Crippen molar-refractivity contribution in [2.24, 2.45) is 0 Å². The molecule has 0 saturated carbocycles. The molecule has 86 valence electrons. The molecule has 2 aliphatic heterocycles. The molecule has 2 aliphatic rings. The molecule has 0 bridgehead atoms. The van der Waals surface area contributed by atoms with Gasteiger partial charge >= 0.3 is 0 Å². The van der Waals surface area contributed by atoms with Gasteiger partial charge in [0.05, 0.1) is 18.5 Å². The third-order valence-electron chi connectivity index (χ3n) is 4.42. The van der Waals surface area contributed by atoms with Gasteiger partial charge in [0.15, 0.2) is 0 Å². The average Bonchev–Trinajstić information content (AvgIpc) is 2.66. The zero-order valence-electron chi connectivity index (χ0n) is 10.1. The average molecular weight is 218 g/mol. The molecule has 2 unspecified atom stereocenters. The standard InChI is InChI=1S/C13H18N2O/c1-12-7-8-14-13(12,2)15-11-9(12)5-4-6-10(11)16-3/h4-6,14-15H,7-8H2,1-3H3. The fourth-order valence-corrected chi connectivity index (χ4v) is 3.13. The molecule has 3 heteroatoms. The van der Waals surface area contributed by atoms with Crippen molar-refractivity contribution in [3.8, 4) is 5.75 Å². The maximum Gasteiger partial charge on any atom is 0.142 e. The van der Waals surface area contributed by atoms with Crippen molar-refractivity contribution in [2.45, 2.75) is 31.3 Å². The van der Waals surface area contributed by atoms with E-state index in [1.54, 1.807) is 7.11 Å². The van der Waals surface area contributed by atoms with E-state index in [2.05, 4.69) is 36.6 Å². The molecule has 2 heterocycles. The van der Waals surface area contributed by atoms with Crippen LogP contribution in [0.2, 0.25) is 0 Å². The first kappa shape index (κ1) is 9.97. The van der Waals surface area contributed by atoms with Crippen LogP contribution in [-0.4, -0.2) is 19.3 Å². The first-order valence-electron chi connectivity index (χ1n) is 5.81. The van der Waals surface area contributed by atoms with Crippen LogP contribution in [0.4, 0.5) is 5.69 Å². The first-order valence-corrected chi connectivity index (χ1v) is 5.81. The SMILES string of the molecule is COc1cccc2c1NC1(C)NCCC21C. The van der Waals surface area contributed by atoms with Crippen LogP contribution in [0.5, 0.6) is 5.75 Å². The third-order valence-corrected chi connectivity index (χ3v) is 4.42. The number of methoxy groups -OCH3 is 1. The van der Waals surface area contributed by atoms with Crippen LogP contribution in [0.1, 0.15) is 25.8 Å². The number of hydrogen-bond acceptors (Lipinski definition) is 3. The topological polar surface area (TPSA) is 33.3 Å². The molecule has 16 heavy (non-hydrogen) atoms. The van der Waals surface area contributed by atoms with Gasteiger partial charge in [0.2, 0.25) is 0 Å². The van der Waals surface area contributed by atoms with Crippen molar-refractivity contribution in [1.82, 2.24) is 5.32 Å². The van der Waals surface area contributed by atoms with Gasteiger partial charge in [-0.25, -0.2) is 0 Å². The van der Waals surface area contributed by atoms with Crippen molar-refractivity contribution < 1.29 is 4.74 Å². The van der Waals surface area contributed by atoms with Gasteiger partial charge in [0.25, 0.3) is 0 Å². The lowest BCUT2D eigenvalue weighted by molar-refractivity contribution is 0.331. The van der Waals surface area contributed by atoms with Crippen LogP contribution < -0.4 is 15.4 Å². The van der Waals surface area contributed by atoms with Gasteiger partial charge in [-0.2, -0.15) is 0 Å². The molecule has 1 aromatic rings. The molecular weight excluding hydrogens is 200 g/mol. The number of benzene rings is 1. The Morgan fingerprint density at radius 3 is 2.88 bits per heavy atom. The molecular formula is C13H18N2O. The summed E-state index contributed by atoms with van der Waals surface area (Å²) in [5.41, 5.74) is 2.66. The minimum absolute atomic E-state index is 0.0377. The lowest BCUT2D eigenvalue weighted by Crippen LogP contribution is -2.52. The Hall–Kier alpha value is -1.22. The van der Waals surface area contributed by atoms with E-state index in [0.717, 1.165) is 24.4 Å². The largest absolute Gasteiger partial charge is 0.495 e. The second-order valence-corrected chi connectivity index (χ2v) is 5.14. The van der Waals surface area contributed by atoms with Crippen LogP contribution in [-0.2, 0) is 5.41 Å². The molecule has 1 fully saturated rings. The number of ether oxygens (including phenoxy) is 1. The molecule has 2 N–H and O–H groups in total. The summed E-state index contributed by atoms with van der Waals surface area (Å²) in [6.45, 7) is 5.63. The molecule has 0 radical (unpaired) electrons. The molecule has 0 aliphatic carbocycles. The van der Waals surface area contributed by atoms with Gasteiger partial charge < -0.3 is 10.1 Å². The molecule has 1 saturated heterocycles. The van der Waals surface area contributed by atoms with Gasteiger partial charge in [-0.15, -0.1) is 0 Å². The molecule has 0 aromatic heterocycles. The van der Waals surface area contributed by atoms with E-state index in [4.69, 9.17) is 4.74 Å². The number of hydrogen-bond donors (Lipinski definition) is 2. The lowest BCUT2D eigenvalue weighted by atomic mass is 9.75. The highest BCUT2D eigenvalue weighted by Crippen LogP contribution is 2.53. The number of fused-ring (bicyclic) bond motifs is 3. The predicted molar refractivity (Wildman–Crippen MR) is 65.0 cm³/mol. The van der Waals surface area contributed by atoms with Gasteiger partial charge in [-0.1, -0.05) is 19.1 Å². The fourth-order valence-electron chi connectivity index (χ4n) is 3.13. The number of anilines is 1. The van der Waals surface area contributed by atoms with E-state index >= 15 is 0 Å². The number of nitrogens with one attached hydrogen (secondary N) is 2. The van der Waals surface area contributed by atoms with E-state index in [9.17, 15) is 0 Å². The van der Waals surface area contributed by atoms with Crippen LogP contribution in [0.25, 0.3) is 0 Å². The van der Waals surface area contributed by atoms with E-state index in [1.165, 1.54) is 5.56 Å². The van der Waals surface area contributed by atoms with Crippen molar-refractivity contribution >= 4 is 5.69 Å². The monoisotopic (exact) mass is 218 g/mol. The zero-order chi connectivity index (χ0) is 11.4. The minimum Gasteiger partial charge on any atom is -0.495 e. The molecule has 2 atom stereocenters. The maximum atomic E-state index is 5.42. The smallest absolute Gasteiger partial charge is 0.142 e. The van der Waals surface area contributed by atoms with Gasteiger partial charge in [-0.3, -0.25) is 5.32 Å². The highest BCUT2D eigenvalue weighted by atomic mass is 16.5. The summed E-state index contributed by atoms with van der Waals surface area (Å²) in [6.07, 6.45) is 1.16. The summed E-state index contributed by atoms with van der Waals surface area (Å²) in [5, 5.41) is 7.16. The lowest BCUT2D eigenvalue weighted by Gasteiger charge is -2.34. The number of para-hydroxylation sites is 1. The molecule has 0 amide bonds. The van der Waals surface area contributed by atoms with E-state index in [-0.39, 0.29) is 11.1 Å². The Kier molecular flexibility index (Phi) is 1.82. The molecule has 3 nitrogen and oxygen atoms in total.